The average Bonchev–Trinajstić information content (AvgIpc) is 3.37. The molecule has 5 heteroatoms. The molecule has 5 nitrogen and oxygen atoms in total. The summed E-state index contributed by atoms with van der Waals surface area (Å²) in [6.45, 7) is 2.39. The predicted molar refractivity (Wildman–Crippen MR) is 131 cm³/mol. The largest absolute Gasteiger partial charge is 0.489 e. The average molecular weight is 453 g/mol. The van der Waals surface area contributed by atoms with E-state index in [-0.39, 0.29) is 11.9 Å². The number of aryl methyl sites for hydroxylation is 1. The zero-order valence-electron chi connectivity index (χ0n) is 19.3. The Morgan fingerprint density at radius 2 is 1.91 bits per heavy atom. The molecule has 1 aromatic heterocycles. The predicted octanol–water partition coefficient (Wildman–Crippen LogP) is 6.18. The van der Waals surface area contributed by atoms with Crippen LogP contribution in [0.2, 0.25) is 0 Å². The Morgan fingerprint density at radius 1 is 1.03 bits per heavy atom. The van der Waals surface area contributed by atoms with Crippen LogP contribution in [0.4, 0.5) is 0 Å². The molecule has 0 fully saturated rings. The first-order valence-electron chi connectivity index (χ1n) is 11.7. The normalized spacial score (nSPS) is 13.9. The van der Waals surface area contributed by atoms with Gasteiger partial charge in [-0.25, -0.2) is 4.98 Å². The first-order chi connectivity index (χ1) is 16.7. The number of fused-ring (bicyclic) bond motifs is 1. The second-order valence-corrected chi connectivity index (χ2v) is 8.71. The summed E-state index contributed by atoms with van der Waals surface area (Å²) in [5.74, 6) is 2.61. The molecule has 0 radical (unpaired) electrons. The van der Waals surface area contributed by atoms with Gasteiger partial charge in [-0.15, -0.1) is 0 Å². The van der Waals surface area contributed by atoms with Crippen LogP contribution in [0.1, 0.15) is 57.4 Å². The lowest BCUT2D eigenvalue weighted by molar-refractivity contribution is 0.0971. The Labute approximate surface area is 199 Å². The zero-order chi connectivity index (χ0) is 23.3. The maximum atomic E-state index is 12.6. The lowest BCUT2D eigenvalue weighted by Gasteiger charge is -2.25. The Hall–Kier alpha value is -3.86. The third-order valence-corrected chi connectivity index (χ3v) is 6.27. The number of ether oxygens (including phenoxy) is 2. The van der Waals surface area contributed by atoms with Crippen LogP contribution < -0.4 is 9.47 Å². The Balaban J connectivity index is 1.50. The van der Waals surface area contributed by atoms with Crippen molar-refractivity contribution in [2.24, 2.45) is 0 Å². The highest BCUT2D eigenvalue weighted by molar-refractivity contribution is 5.99. The van der Waals surface area contributed by atoms with Gasteiger partial charge in [-0.1, -0.05) is 42.5 Å². The molecule has 1 aliphatic carbocycles. The van der Waals surface area contributed by atoms with E-state index in [9.17, 15) is 4.79 Å². The van der Waals surface area contributed by atoms with Gasteiger partial charge < -0.3 is 14.5 Å². The van der Waals surface area contributed by atoms with Crippen LogP contribution in [-0.4, -0.2) is 15.8 Å². The summed E-state index contributed by atoms with van der Waals surface area (Å²) in [7, 11) is 0. The van der Waals surface area contributed by atoms with E-state index in [1.807, 2.05) is 67.7 Å². The summed E-state index contributed by atoms with van der Waals surface area (Å²) < 4.78 is 12.9. The van der Waals surface area contributed by atoms with Gasteiger partial charge in [-0.3, -0.25) is 4.79 Å². The summed E-state index contributed by atoms with van der Waals surface area (Å²) in [5.41, 5.74) is 5.00. The number of nitrogens with zero attached hydrogens (tertiary/aromatic N) is 1. The van der Waals surface area contributed by atoms with Gasteiger partial charge >= 0.3 is 0 Å². The van der Waals surface area contributed by atoms with Gasteiger partial charge in [0, 0.05) is 36.4 Å². The van der Waals surface area contributed by atoms with Gasteiger partial charge in [0.25, 0.3) is 0 Å². The lowest BCUT2D eigenvalue weighted by Crippen LogP contribution is -2.18. The van der Waals surface area contributed by atoms with Crippen molar-refractivity contribution in [2.45, 2.75) is 45.3 Å². The van der Waals surface area contributed by atoms with E-state index in [1.54, 1.807) is 6.20 Å². The maximum absolute atomic E-state index is 12.6. The molecule has 1 heterocycles. The van der Waals surface area contributed by atoms with Crippen LogP contribution in [0, 0.1) is 6.92 Å². The standard InChI is InChI=1S/C29H28N2O3/c1-20-7-5-10-22(17-20)33-19-25-23-11-6-12-26(32)24(23)13-14-27(25)34-28(18-29-30-15-16-31-29)21-8-3-2-4-9-21/h2-5,7-10,13-17,28H,6,11-12,18-19H2,1H3,(H,30,31)/t28-/m0/s1. The van der Waals surface area contributed by atoms with Gasteiger partial charge in [-0.05, 0) is 60.7 Å². The smallest absolute Gasteiger partial charge is 0.163 e. The number of nitrogens with one attached hydrogen (secondary N) is 1. The number of H-pyrrole nitrogens is 1. The summed E-state index contributed by atoms with van der Waals surface area (Å²) in [6, 6.07) is 22.0. The first kappa shape index (κ1) is 22.0. The Kier molecular flexibility index (Phi) is 6.43. The molecule has 34 heavy (non-hydrogen) atoms. The number of rotatable bonds is 8. The molecule has 172 valence electrons. The highest BCUT2D eigenvalue weighted by atomic mass is 16.5. The molecule has 0 saturated heterocycles. The molecule has 1 aliphatic rings. The zero-order valence-corrected chi connectivity index (χ0v) is 19.3. The van der Waals surface area contributed by atoms with Crippen molar-refractivity contribution in [1.29, 1.82) is 0 Å². The van der Waals surface area contributed by atoms with Gasteiger partial charge in [0.05, 0.1) is 0 Å². The number of aromatic nitrogens is 2. The van der Waals surface area contributed by atoms with Crippen LogP contribution in [0.3, 0.4) is 0 Å². The highest BCUT2D eigenvalue weighted by Crippen LogP contribution is 2.35. The molecule has 0 spiro atoms. The van der Waals surface area contributed by atoms with E-state index in [1.165, 1.54) is 0 Å². The molecule has 1 atom stereocenters. The molecule has 0 aliphatic heterocycles. The van der Waals surface area contributed by atoms with Crippen molar-refractivity contribution in [3.8, 4) is 11.5 Å². The molecule has 0 saturated carbocycles. The molecule has 5 rings (SSSR count). The number of imidazole rings is 1. The van der Waals surface area contributed by atoms with Crippen LogP contribution >= 0.6 is 0 Å². The molecular weight excluding hydrogens is 424 g/mol. The third kappa shape index (κ3) is 4.88. The highest BCUT2D eigenvalue weighted by Gasteiger charge is 2.25. The molecule has 0 unspecified atom stereocenters. The SMILES string of the molecule is Cc1cccc(OCc2c(O[C@@H](Cc3ncc[nH]3)c3ccccc3)ccc3c2CCCC3=O)c1. The van der Waals surface area contributed by atoms with Crippen LogP contribution in [0.15, 0.2) is 79.1 Å². The minimum atomic E-state index is -0.234. The number of hydrogen-bond donors (Lipinski definition) is 1. The topological polar surface area (TPSA) is 64.2 Å². The van der Waals surface area contributed by atoms with Crippen LogP contribution in [0.5, 0.6) is 11.5 Å². The number of aromatic amines is 1. The van der Waals surface area contributed by atoms with E-state index in [2.05, 4.69) is 22.1 Å². The van der Waals surface area contributed by atoms with E-state index in [0.717, 1.165) is 58.0 Å². The van der Waals surface area contributed by atoms with Gasteiger partial charge in [-0.2, -0.15) is 0 Å². The number of benzene rings is 3. The number of ketones is 1. The minimum Gasteiger partial charge on any atom is -0.489 e. The molecule has 0 amide bonds. The second-order valence-electron chi connectivity index (χ2n) is 8.71. The maximum Gasteiger partial charge on any atom is 0.163 e. The Morgan fingerprint density at radius 3 is 2.71 bits per heavy atom. The fourth-order valence-electron chi connectivity index (χ4n) is 4.54. The lowest BCUT2D eigenvalue weighted by atomic mass is 9.87. The van der Waals surface area contributed by atoms with E-state index < -0.39 is 0 Å². The number of carbonyl (C=O) groups is 1. The van der Waals surface area contributed by atoms with Crippen molar-refractivity contribution in [1.82, 2.24) is 9.97 Å². The van der Waals surface area contributed by atoms with Crippen molar-refractivity contribution < 1.29 is 14.3 Å². The monoisotopic (exact) mass is 452 g/mol. The van der Waals surface area contributed by atoms with Crippen molar-refractivity contribution in [2.75, 3.05) is 0 Å². The van der Waals surface area contributed by atoms with E-state index in [0.29, 0.717) is 19.4 Å². The molecule has 1 N–H and O–H groups in total. The minimum absolute atomic E-state index is 0.194. The summed E-state index contributed by atoms with van der Waals surface area (Å²) >= 11 is 0. The quantitative estimate of drug-likeness (QED) is 0.347. The third-order valence-electron chi connectivity index (χ3n) is 6.27. The fraction of sp³-hybridized carbons (Fsp3) is 0.241. The van der Waals surface area contributed by atoms with Crippen molar-refractivity contribution in [3.05, 3.63) is 113 Å². The van der Waals surface area contributed by atoms with Gasteiger partial charge in [0.2, 0.25) is 0 Å². The van der Waals surface area contributed by atoms with Crippen LogP contribution in [-0.2, 0) is 19.4 Å². The number of Topliss-reactive ketones (excluding diaryl/α,β-unsaturated/α-hetero) is 1. The fourth-order valence-corrected chi connectivity index (χ4v) is 4.54. The Bertz CT molecular complexity index is 1270. The van der Waals surface area contributed by atoms with Gasteiger partial charge in [0.1, 0.15) is 30.0 Å². The van der Waals surface area contributed by atoms with E-state index in [4.69, 9.17) is 9.47 Å². The second kappa shape index (κ2) is 9.96. The summed E-state index contributed by atoms with van der Waals surface area (Å²) in [5, 5.41) is 0. The molecule has 3 aromatic carbocycles. The summed E-state index contributed by atoms with van der Waals surface area (Å²) in [6.07, 6.45) is 6.23. The van der Waals surface area contributed by atoms with Crippen molar-refractivity contribution >= 4 is 5.78 Å². The van der Waals surface area contributed by atoms with Crippen LogP contribution in [0.25, 0.3) is 0 Å². The van der Waals surface area contributed by atoms with Crippen molar-refractivity contribution in [3.63, 3.8) is 0 Å². The first-order valence-corrected chi connectivity index (χ1v) is 11.7. The molecular formula is C29H28N2O3. The summed E-state index contributed by atoms with van der Waals surface area (Å²) in [4.78, 5) is 20.2. The van der Waals surface area contributed by atoms with Gasteiger partial charge in [0.15, 0.2) is 5.78 Å². The number of carbonyl (C=O) groups excluding carboxylic acids is 1. The molecule has 4 aromatic rings. The molecule has 0 bridgehead atoms. The number of hydrogen-bond acceptors (Lipinski definition) is 4. The van der Waals surface area contributed by atoms with E-state index >= 15 is 0 Å².